The summed E-state index contributed by atoms with van der Waals surface area (Å²) in [5, 5.41) is 3.46. The first-order chi connectivity index (χ1) is 13.6. The highest BCUT2D eigenvalue weighted by Gasteiger charge is 2.31. The fraction of sp³-hybridized carbons (Fsp3) is 0.450. The fourth-order valence-corrected chi connectivity index (χ4v) is 5.40. The number of aromatic nitrogens is 1. The lowest BCUT2D eigenvalue weighted by molar-refractivity contribution is 0.196. The maximum absolute atomic E-state index is 12.8. The maximum Gasteiger partial charge on any atom is 0.243 e. The molecule has 1 aromatic heterocycles. The van der Waals surface area contributed by atoms with Crippen LogP contribution in [0.4, 0.5) is 11.5 Å². The lowest BCUT2D eigenvalue weighted by atomic mass is 10.1. The van der Waals surface area contributed by atoms with Crippen molar-refractivity contribution in [3.05, 3.63) is 48.2 Å². The van der Waals surface area contributed by atoms with Crippen molar-refractivity contribution in [2.24, 2.45) is 0 Å². The number of nitrogens with one attached hydrogen (secondary N) is 1. The molecule has 4 rings (SSSR count). The molecule has 1 fully saturated rings. The largest absolute Gasteiger partial charge is 0.385 e. The third-order valence-corrected chi connectivity index (χ3v) is 7.24. The molecule has 0 amide bonds. The Hall–Kier alpha value is -2.16. The van der Waals surface area contributed by atoms with Crippen LogP contribution in [0.3, 0.4) is 0 Å². The highest BCUT2D eigenvalue weighted by molar-refractivity contribution is 7.89. The highest BCUT2D eigenvalue weighted by atomic mass is 32.2. The number of hydrogen-bond acceptors (Lipinski definition) is 6. The Labute approximate surface area is 166 Å². The van der Waals surface area contributed by atoms with Crippen LogP contribution < -0.4 is 10.2 Å². The van der Waals surface area contributed by atoms with E-state index < -0.39 is 10.0 Å². The average molecular weight is 403 g/mol. The van der Waals surface area contributed by atoms with Gasteiger partial charge in [0.2, 0.25) is 10.0 Å². The molecule has 150 valence electrons. The molecule has 1 atom stereocenters. The van der Waals surface area contributed by atoms with Crippen LogP contribution in [0.1, 0.15) is 31.0 Å². The molecule has 7 nitrogen and oxygen atoms in total. The number of hydrogen-bond donors (Lipinski definition) is 1. The van der Waals surface area contributed by atoms with Gasteiger partial charge in [-0.25, -0.2) is 13.4 Å². The molecule has 1 unspecified atom stereocenters. The summed E-state index contributed by atoms with van der Waals surface area (Å²) in [5.41, 5.74) is 2.06. The molecule has 1 aromatic carbocycles. The summed E-state index contributed by atoms with van der Waals surface area (Å²) in [5.74, 6) is 0.846. The van der Waals surface area contributed by atoms with Crippen LogP contribution in [-0.2, 0) is 14.8 Å². The summed E-state index contributed by atoms with van der Waals surface area (Å²) >= 11 is 0. The van der Waals surface area contributed by atoms with Gasteiger partial charge in [0.05, 0.1) is 10.6 Å². The second kappa shape index (κ2) is 8.06. The maximum atomic E-state index is 12.8. The number of ether oxygens (including phenoxy) is 1. The van der Waals surface area contributed by atoms with Crippen LogP contribution in [0.2, 0.25) is 0 Å². The molecule has 2 aromatic rings. The number of nitrogens with zero attached hydrogens (tertiary/aromatic N) is 3. The first-order valence-electron chi connectivity index (χ1n) is 9.68. The van der Waals surface area contributed by atoms with E-state index in [0.717, 1.165) is 42.9 Å². The van der Waals surface area contributed by atoms with Crippen LogP contribution in [-0.4, -0.2) is 51.1 Å². The average Bonchev–Trinajstić information content (AvgIpc) is 3.37. The van der Waals surface area contributed by atoms with Gasteiger partial charge in [0.1, 0.15) is 6.17 Å². The van der Waals surface area contributed by atoms with Gasteiger partial charge in [-0.3, -0.25) is 0 Å². The zero-order valence-electron chi connectivity index (χ0n) is 16.0. The Morgan fingerprint density at radius 3 is 2.64 bits per heavy atom. The topological polar surface area (TPSA) is 74.8 Å². The Kier molecular flexibility index (Phi) is 5.52. The first-order valence-corrected chi connectivity index (χ1v) is 11.1. The van der Waals surface area contributed by atoms with Crippen molar-refractivity contribution in [2.45, 2.75) is 30.3 Å². The van der Waals surface area contributed by atoms with Crippen LogP contribution in [0.25, 0.3) is 0 Å². The molecule has 2 aliphatic heterocycles. The Morgan fingerprint density at radius 1 is 1.18 bits per heavy atom. The molecule has 2 aliphatic rings. The van der Waals surface area contributed by atoms with Crippen molar-refractivity contribution in [3.8, 4) is 0 Å². The lowest BCUT2D eigenvalue weighted by Gasteiger charge is -2.27. The van der Waals surface area contributed by atoms with E-state index in [1.807, 2.05) is 24.3 Å². The molecule has 28 heavy (non-hydrogen) atoms. The summed E-state index contributed by atoms with van der Waals surface area (Å²) in [6, 6.07) is 11.2. The van der Waals surface area contributed by atoms with E-state index in [1.165, 1.54) is 0 Å². The molecule has 3 heterocycles. The molecule has 0 bridgehead atoms. The Balaban J connectivity index is 1.57. The number of benzene rings is 1. The number of methoxy groups -OCH3 is 1. The second-order valence-electron chi connectivity index (χ2n) is 7.14. The number of pyridine rings is 1. The summed E-state index contributed by atoms with van der Waals surface area (Å²) in [7, 11) is -1.69. The fourth-order valence-electron chi connectivity index (χ4n) is 3.88. The van der Waals surface area contributed by atoms with Crippen molar-refractivity contribution in [1.82, 2.24) is 9.29 Å². The summed E-state index contributed by atoms with van der Waals surface area (Å²) < 4.78 is 32.3. The van der Waals surface area contributed by atoms with Gasteiger partial charge >= 0.3 is 0 Å². The number of fused-ring (bicyclic) bond motifs is 1. The molecule has 8 heteroatoms. The van der Waals surface area contributed by atoms with Crippen LogP contribution >= 0.6 is 0 Å². The van der Waals surface area contributed by atoms with Crippen molar-refractivity contribution in [2.75, 3.05) is 43.6 Å². The standard InChI is InChI=1S/C20H26N4O3S/c1-27-15-5-14-24-18-6-4-11-21-19(18)22-20(24)16-7-9-17(10-8-16)28(25,26)23-12-2-3-13-23/h4,6-11,20H,2-3,5,12-15H2,1H3,(H,21,22). The summed E-state index contributed by atoms with van der Waals surface area (Å²) in [6.07, 6.45) is 4.46. The quantitative estimate of drug-likeness (QED) is 0.718. The van der Waals surface area contributed by atoms with Crippen molar-refractivity contribution in [3.63, 3.8) is 0 Å². The number of anilines is 2. The molecular weight excluding hydrogens is 376 g/mol. The zero-order valence-corrected chi connectivity index (χ0v) is 16.9. The van der Waals surface area contributed by atoms with Crippen LogP contribution in [0.5, 0.6) is 0 Å². The smallest absolute Gasteiger partial charge is 0.243 e. The van der Waals surface area contributed by atoms with E-state index in [1.54, 1.807) is 29.7 Å². The van der Waals surface area contributed by atoms with E-state index in [0.29, 0.717) is 24.6 Å². The van der Waals surface area contributed by atoms with Gasteiger partial charge < -0.3 is 15.0 Å². The second-order valence-corrected chi connectivity index (χ2v) is 9.08. The van der Waals surface area contributed by atoms with Gasteiger partial charge in [0.15, 0.2) is 5.82 Å². The van der Waals surface area contributed by atoms with Gasteiger partial charge in [-0.1, -0.05) is 12.1 Å². The predicted octanol–water partition coefficient (Wildman–Crippen LogP) is 2.83. The molecule has 0 radical (unpaired) electrons. The summed E-state index contributed by atoms with van der Waals surface area (Å²) in [4.78, 5) is 7.05. The third kappa shape index (κ3) is 3.59. The number of rotatable bonds is 7. The van der Waals surface area contributed by atoms with Gasteiger partial charge in [0.25, 0.3) is 0 Å². The third-order valence-electron chi connectivity index (χ3n) is 5.33. The van der Waals surface area contributed by atoms with Crippen molar-refractivity contribution >= 4 is 21.5 Å². The summed E-state index contributed by atoms with van der Waals surface area (Å²) in [6.45, 7) is 2.73. The van der Waals surface area contributed by atoms with Crippen LogP contribution in [0, 0.1) is 0 Å². The molecule has 0 aliphatic carbocycles. The minimum absolute atomic E-state index is 0.0784. The normalized spacial score (nSPS) is 19.6. The molecular formula is C20H26N4O3S. The number of sulfonamides is 1. The lowest BCUT2D eigenvalue weighted by Crippen LogP contribution is -2.30. The minimum Gasteiger partial charge on any atom is -0.385 e. The monoisotopic (exact) mass is 402 g/mol. The molecule has 0 saturated carbocycles. The van der Waals surface area contributed by atoms with E-state index >= 15 is 0 Å². The molecule has 1 N–H and O–H groups in total. The predicted molar refractivity (Wildman–Crippen MR) is 109 cm³/mol. The van der Waals surface area contributed by atoms with Crippen molar-refractivity contribution in [1.29, 1.82) is 0 Å². The SMILES string of the molecule is COCCCN1c2cccnc2NC1c1ccc(S(=O)(=O)N2CCCC2)cc1. The molecule has 1 saturated heterocycles. The van der Waals surface area contributed by atoms with Gasteiger partial charge in [-0.2, -0.15) is 4.31 Å². The van der Waals surface area contributed by atoms with Gasteiger partial charge in [-0.15, -0.1) is 0 Å². The zero-order chi connectivity index (χ0) is 19.6. The van der Waals surface area contributed by atoms with E-state index in [-0.39, 0.29) is 6.17 Å². The van der Waals surface area contributed by atoms with Crippen LogP contribution in [0.15, 0.2) is 47.5 Å². The Morgan fingerprint density at radius 2 is 1.93 bits per heavy atom. The molecule has 0 spiro atoms. The Bertz CT molecular complexity index is 911. The minimum atomic E-state index is -3.39. The van der Waals surface area contributed by atoms with Gasteiger partial charge in [0, 0.05) is 39.5 Å². The highest BCUT2D eigenvalue weighted by Crippen LogP contribution is 2.39. The van der Waals surface area contributed by atoms with E-state index in [2.05, 4.69) is 15.2 Å². The van der Waals surface area contributed by atoms with Crippen molar-refractivity contribution < 1.29 is 13.2 Å². The first kappa shape index (κ1) is 19.2. The van der Waals surface area contributed by atoms with E-state index in [4.69, 9.17) is 4.74 Å². The van der Waals surface area contributed by atoms with E-state index in [9.17, 15) is 8.42 Å². The van der Waals surface area contributed by atoms with Gasteiger partial charge in [-0.05, 0) is 49.1 Å².